The van der Waals surface area contributed by atoms with Crippen LogP contribution in [0.5, 0.6) is 0 Å². The molecule has 26 heavy (non-hydrogen) atoms. The molecule has 0 aliphatic rings. The summed E-state index contributed by atoms with van der Waals surface area (Å²) in [6, 6.07) is 9.99. The zero-order valence-electron chi connectivity index (χ0n) is 13.4. The van der Waals surface area contributed by atoms with Gasteiger partial charge < -0.3 is 4.74 Å². The molecule has 0 aliphatic heterocycles. The number of ether oxygens (including phenoxy) is 1. The summed E-state index contributed by atoms with van der Waals surface area (Å²) in [6.45, 7) is 1.73. The van der Waals surface area contributed by atoms with Gasteiger partial charge in [-0.15, -0.1) is 0 Å². The van der Waals surface area contributed by atoms with Crippen LogP contribution in [0.4, 0.5) is 0 Å². The molecule has 2 aromatic carbocycles. The summed E-state index contributed by atoms with van der Waals surface area (Å²) in [5.74, 6) is -0.767. The van der Waals surface area contributed by atoms with Gasteiger partial charge in [0.15, 0.2) is 0 Å². The molecule has 0 aliphatic carbocycles. The first kappa shape index (κ1) is 19.0. The van der Waals surface area contributed by atoms with E-state index in [4.69, 9.17) is 39.5 Å². The lowest BCUT2D eigenvalue weighted by atomic mass is 10.2. The summed E-state index contributed by atoms with van der Waals surface area (Å²) in [4.78, 5) is 12.2. The van der Waals surface area contributed by atoms with Crippen LogP contribution in [0.25, 0.3) is 10.9 Å². The van der Waals surface area contributed by atoms with E-state index in [-0.39, 0.29) is 32.8 Å². The van der Waals surface area contributed by atoms with Crippen molar-refractivity contribution in [3.63, 3.8) is 0 Å². The van der Waals surface area contributed by atoms with Crippen LogP contribution in [0, 0.1) is 0 Å². The number of benzene rings is 2. The maximum atomic E-state index is 13.2. The normalized spacial score (nSPS) is 11.7. The summed E-state index contributed by atoms with van der Waals surface area (Å²) in [6.07, 6.45) is 0. The third-order valence-electron chi connectivity index (χ3n) is 3.58. The van der Waals surface area contributed by atoms with Crippen molar-refractivity contribution in [3.05, 3.63) is 63.2 Å². The van der Waals surface area contributed by atoms with Crippen molar-refractivity contribution in [1.29, 1.82) is 0 Å². The first-order valence-electron chi connectivity index (χ1n) is 7.44. The third-order valence-corrected chi connectivity index (χ3v) is 5.96. The van der Waals surface area contributed by atoms with Crippen molar-refractivity contribution in [1.82, 2.24) is 3.97 Å². The summed E-state index contributed by atoms with van der Waals surface area (Å²) in [7, 11) is -4.17. The Kier molecular flexibility index (Phi) is 5.21. The monoisotopic (exact) mass is 431 g/mol. The number of carbonyl (C=O) groups is 1. The summed E-state index contributed by atoms with van der Waals surface area (Å²) >= 11 is 17.9. The molecular weight excluding hydrogens is 421 g/mol. The molecule has 136 valence electrons. The zero-order valence-corrected chi connectivity index (χ0v) is 16.5. The van der Waals surface area contributed by atoms with Crippen molar-refractivity contribution >= 4 is 61.7 Å². The standard InChI is InChI=1S/C17H12Cl3NO4S/c1-2-25-17(22)16-6-10-5-11(18)3-4-15(10)21(16)26(23,24)14-8-12(19)7-13(20)9-14/h3-9H,2H2,1H3. The highest BCUT2D eigenvalue weighted by Crippen LogP contribution is 2.30. The number of carbonyl (C=O) groups excluding carboxylic acids is 1. The molecule has 0 unspecified atom stereocenters. The Hall–Kier alpha value is -1.73. The van der Waals surface area contributed by atoms with Gasteiger partial charge in [0.1, 0.15) is 5.69 Å². The second kappa shape index (κ2) is 7.12. The minimum Gasteiger partial charge on any atom is -0.461 e. The van der Waals surface area contributed by atoms with Crippen LogP contribution in [0.2, 0.25) is 15.1 Å². The molecule has 0 atom stereocenters. The lowest BCUT2D eigenvalue weighted by Gasteiger charge is -2.12. The van der Waals surface area contributed by atoms with Crippen LogP contribution in [-0.4, -0.2) is 25.0 Å². The van der Waals surface area contributed by atoms with E-state index in [0.717, 1.165) is 3.97 Å². The molecule has 5 nitrogen and oxygen atoms in total. The number of hydrogen-bond acceptors (Lipinski definition) is 4. The van der Waals surface area contributed by atoms with Gasteiger partial charge in [0.05, 0.1) is 17.0 Å². The highest BCUT2D eigenvalue weighted by atomic mass is 35.5. The van der Waals surface area contributed by atoms with E-state index in [9.17, 15) is 13.2 Å². The minimum absolute atomic E-state index is 0.101. The lowest BCUT2D eigenvalue weighted by molar-refractivity contribution is 0.0518. The molecular formula is C17H12Cl3NO4S. The molecule has 0 saturated carbocycles. The molecule has 0 saturated heterocycles. The van der Waals surface area contributed by atoms with Crippen molar-refractivity contribution in [2.75, 3.05) is 6.61 Å². The molecule has 1 aromatic heterocycles. The van der Waals surface area contributed by atoms with Gasteiger partial charge in [-0.2, -0.15) is 0 Å². The van der Waals surface area contributed by atoms with E-state index >= 15 is 0 Å². The largest absolute Gasteiger partial charge is 0.461 e. The Morgan fingerprint density at radius 3 is 2.27 bits per heavy atom. The Labute approximate surface area is 165 Å². The predicted molar refractivity (Wildman–Crippen MR) is 102 cm³/mol. The van der Waals surface area contributed by atoms with Gasteiger partial charge in [0.25, 0.3) is 10.0 Å². The SMILES string of the molecule is CCOC(=O)c1cc2cc(Cl)ccc2n1S(=O)(=O)c1cc(Cl)cc(Cl)c1. The van der Waals surface area contributed by atoms with E-state index in [1.54, 1.807) is 13.0 Å². The number of nitrogens with zero attached hydrogens (tertiary/aromatic N) is 1. The summed E-state index contributed by atoms with van der Waals surface area (Å²) in [5.41, 5.74) is 0.147. The summed E-state index contributed by atoms with van der Waals surface area (Å²) < 4.78 is 32.4. The predicted octanol–water partition coefficient (Wildman–Crippen LogP) is 5.02. The number of hydrogen-bond donors (Lipinski definition) is 0. The fraction of sp³-hybridized carbons (Fsp3) is 0.118. The van der Waals surface area contributed by atoms with Gasteiger partial charge in [0, 0.05) is 20.5 Å². The van der Waals surface area contributed by atoms with Crippen LogP contribution >= 0.6 is 34.8 Å². The number of aromatic nitrogens is 1. The van der Waals surface area contributed by atoms with Crippen molar-refractivity contribution < 1.29 is 17.9 Å². The lowest BCUT2D eigenvalue weighted by Crippen LogP contribution is -2.19. The maximum Gasteiger partial charge on any atom is 0.356 e. The molecule has 0 N–H and O–H groups in total. The van der Waals surface area contributed by atoms with Crippen molar-refractivity contribution in [3.8, 4) is 0 Å². The second-order valence-corrected chi connectivity index (χ2v) is 8.42. The molecule has 0 radical (unpaired) electrons. The third kappa shape index (κ3) is 3.42. The van der Waals surface area contributed by atoms with E-state index in [2.05, 4.69) is 0 Å². The molecule has 0 bridgehead atoms. The molecule has 0 fully saturated rings. The van der Waals surface area contributed by atoms with Crippen LogP contribution in [0.3, 0.4) is 0 Å². The Bertz CT molecular complexity index is 1100. The van der Waals surface area contributed by atoms with Crippen molar-refractivity contribution in [2.24, 2.45) is 0 Å². The van der Waals surface area contributed by atoms with E-state index in [1.165, 1.54) is 36.4 Å². The maximum absolute atomic E-state index is 13.2. The van der Waals surface area contributed by atoms with Crippen LogP contribution < -0.4 is 0 Å². The summed E-state index contributed by atoms with van der Waals surface area (Å²) in [5, 5.41) is 1.21. The molecule has 3 aromatic rings. The molecule has 1 heterocycles. The zero-order chi connectivity index (χ0) is 19.1. The quantitative estimate of drug-likeness (QED) is 0.543. The van der Waals surface area contributed by atoms with Gasteiger partial charge in [-0.3, -0.25) is 0 Å². The minimum atomic E-state index is -4.17. The molecule has 3 rings (SSSR count). The average molecular weight is 433 g/mol. The van der Waals surface area contributed by atoms with Gasteiger partial charge in [0.2, 0.25) is 0 Å². The molecule has 0 amide bonds. The van der Waals surface area contributed by atoms with E-state index in [1.807, 2.05) is 0 Å². The first-order valence-corrected chi connectivity index (χ1v) is 10.0. The fourth-order valence-corrected chi connectivity index (χ4v) is 4.96. The molecule has 0 spiro atoms. The second-order valence-electron chi connectivity index (χ2n) is 5.33. The van der Waals surface area contributed by atoms with Gasteiger partial charge in [-0.1, -0.05) is 34.8 Å². The number of fused-ring (bicyclic) bond motifs is 1. The Balaban J connectivity index is 2.34. The van der Waals surface area contributed by atoms with Crippen molar-refractivity contribution in [2.45, 2.75) is 11.8 Å². The highest BCUT2D eigenvalue weighted by molar-refractivity contribution is 7.90. The van der Waals surface area contributed by atoms with Crippen LogP contribution in [0.15, 0.2) is 47.4 Å². The molecule has 9 heteroatoms. The average Bonchev–Trinajstić information content (AvgIpc) is 2.93. The van der Waals surface area contributed by atoms with Gasteiger partial charge in [-0.25, -0.2) is 17.2 Å². The topological polar surface area (TPSA) is 65.4 Å². The smallest absolute Gasteiger partial charge is 0.356 e. The van der Waals surface area contributed by atoms with Gasteiger partial charge in [-0.05, 0) is 49.4 Å². The number of halogens is 3. The fourth-order valence-electron chi connectivity index (χ4n) is 2.55. The van der Waals surface area contributed by atoms with Gasteiger partial charge >= 0.3 is 5.97 Å². The van der Waals surface area contributed by atoms with Crippen LogP contribution in [0.1, 0.15) is 17.4 Å². The Morgan fingerprint density at radius 2 is 1.65 bits per heavy atom. The van der Waals surface area contributed by atoms with Crippen LogP contribution in [-0.2, 0) is 14.8 Å². The van der Waals surface area contributed by atoms with E-state index < -0.39 is 16.0 Å². The first-order chi connectivity index (χ1) is 12.2. The highest BCUT2D eigenvalue weighted by Gasteiger charge is 2.27. The Morgan fingerprint density at radius 1 is 1.00 bits per heavy atom. The van der Waals surface area contributed by atoms with E-state index in [0.29, 0.717) is 10.4 Å². The number of esters is 1. The number of rotatable bonds is 4.